The predicted molar refractivity (Wildman–Crippen MR) is 164 cm³/mol. The first-order valence-corrected chi connectivity index (χ1v) is 14.9. The highest BCUT2D eigenvalue weighted by Crippen LogP contribution is 2.55. The number of nitrogens with two attached hydrogens (primary N) is 1. The molecule has 1 aliphatic heterocycles. The van der Waals surface area contributed by atoms with Crippen LogP contribution in [-0.4, -0.2) is 52.8 Å². The summed E-state index contributed by atoms with van der Waals surface area (Å²) in [5.41, 5.74) is 0.244. The lowest BCUT2D eigenvalue weighted by molar-refractivity contribution is -0.123. The lowest BCUT2D eigenvalue weighted by Crippen LogP contribution is -2.49. The van der Waals surface area contributed by atoms with Crippen LogP contribution in [0.3, 0.4) is 0 Å². The number of pyridine rings is 2. The van der Waals surface area contributed by atoms with E-state index in [1.54, 1.807) is 13.0 Å². The van der Waals surface area contributed by atoms with Gasteiger partial charge in [-0.25, -0.2) is 23.1 Å². The first-order valence-electron chi connectivity index (χ1n) is 14.1. The third-order valence-corrected chi connectivity index (χ3v) is 9.51. The second-order valence-corrected chi connectivity index (χ2v) is 12.5. The van der Waals surface area contributed by atoms with Gasteiger partial charge >= 0.3 is 0 Å². The van der Waals surface area contributed by atoms with Crippen molar-refractivity contribution in [1.29, 1.82) is 0 Å². The van der Waals surface area contributed by atoms with Gasteiger partial charge in [0.05, 0.1) is 35.1 Å². The van der Waals surface area contributed by atoms with Crippen molar-refractivity contribution in [2.75, 3.05) is 20.3 Å². The van der Waals surface area contributed by atoms with Crippen molar-refractivity contribution in [3.63, 3.8) is 0 Å². The Morgan fingerprint density at radius 3 is 2.54 bits per heavy atom. The molecule has 0 spiro atoms. The standard InChI is InChI=1S/C32H27Cl2F3N4O5/c1-14-19(33)9-15-8-16(10-21(45-3)25(15)40-14)28(42)39-12-32(44,31(37)6-7-31)22-11-18-27(46-13-30(18,2)29(38)43)26(41-22)17-4-5-20(35)24(36)23(17)34/h4-5,8-11,44H,6-7,12-13H2,1-3H3,(H2,38,43)(H,39,42)/t30-,32?/m0/s1. The van der Waals surface area contributed by atoms with Gasteiger partial charge in [-0.2, -0.15) is 0 Å². The molecule has 0 radical (unpaired) electrons. The number of nitrogens with one attached hydrogen (secondary N) is 1. The molecule has 3 heterocycles. The molecule has 46 heavy (non-hydrogen) atoms. The van der Waals surface area contributed by atoms with Gasteiger partial charge < -0.3 is 25.6 Å². The quantitative estimate of drug-likeness (QED) is 0.211. The van der Waals surface area contributed by atoms with Gasteiger partial charge in [-0.15, -0.1) is 0 Å². The minimum atomic E-state index is -2.46. The van der Waals surface area contributed by atoms with E-state index in [1.165, 1.54) is 32.2 Å². The van der Waals surface area contributed by atoms with Crippen molar-refractivity contribution in [3.05, 3.63) is 80.6 Å². The number of benzene rings is 2. The summed E-state index contributed by atoms with van der Waals surface area (Å²) >= 11 is 12.4. The molecule has 2 atom stereocenters. The zero-order valence-corrected chi connectivity index (χ0v) is 26.2. The average molecular weight is 675 g/mol. The fourth-order valence-electron chi connectivity index (χ4n) is 5.61. The number of primary amides is 1. The minimum absolute atomic E-state index is 0.0150. The zero-order chi connectivity index (χ0) is 33.3. The third kappa shape index (κ3) is 4.90. The van der Waals surface area contributed by atoms with Gasteiger partial charge in [-0.1, -0.05) is 23.2 Å². The molecule has 1 unspecified atom stereocenters. The van der Waals surface area contributed by atoms with Crippen LogP contribution in [0.1, 0.15) is 47.1 Å². The second kappa shape index (κ2) is 11.0. The van der Waals surface area contributed by atoms with Crippen LogP contribution in [0.5, 0.6) is 11.5 Å². The lowest BCUT2D eigenvalue weighted by atomic mass is 9.80. The molecule has 14 heteroatoms. The largest absolute Gasteiger partial charge is 0.494 e. The number of carbonyl (C=O) groups is 2. The summed E-state index contributed by atoms with van der Waals surface area (Å²) in [7, 11) is 1.42. The number of ether oxygens (including phenoxy) is 2. The highest BCUT2D eigenvalue weighted by Gasteiger charge is 2.62. The van der Waals surface area contributed by atoms with E-state index in [1.807, 2.05) is 0 Å². The van der Waals surface area contributed by atoms with Crippen molar-refractivity contribution in [1.82, 2.24) is 15.3 Å². The lowest BCUT2D eigenvalue weighted by Gasteiger charge is -2.33. The molecule has 0 saturated heterocycles. The van der Waals surface area contributed by atoms with Crippen molar-refractivity contribution in [2.45, 2.75) is 43.4 Å². The van der Waals surface area contributed by atoms with Crippen LogP contribution in [-0.2, 0) is 15.8 Å². The number of alkyl halides is 1. The monoisotopic (exact) mass is 674 g/mol. The maximum absolute atomic E-state index is 16.2. The summed E-state index contributed by atoms with van der Waals surface area (Å²) in [6, 6.07) is 7.87. The Hall–Kier alpha value is -4.13. The second-order valence-electron chi connectivity index (χ2n) is 11.8. The molecule has 6 rings (SSSR count). The van der Waals surface area contributed by atoms with E-state index in [9.17, 15) is 23.5 Å². The Labute approximate surface area is 270 Å². The molecule has 2 aromatic carbocycles. The number of rotatable bonds is 8. The molecule has 2 aliphatic rings. The molecule has 1 aliphatic carbocycles. The first-order chi connectivity index (χ1) is 21.6. The normalized spacial score (nSPS) is 19.2. The Morgan fingerprint density at radius 2 is 1.89 bits per heavy atom. The van der Waals surface area contributed by atoms with Crippen LogP contribution in [0, 0.1) is 18.6 Å². The summed E-state index contributed by atoms with van der Waals surface area (Å²) in [5, 5.41) is 14.9. The minimum Gasteiger partial charge on any atom is -0.494 e. The van der Waals surface area contributed by atoms with Crippen molar-refractivity contribution in [3.8, 4) is 22.8 Å². The summed E-state index contributed by atoms with van der Waals surface area (Å²) in [6.45, 7) is 2.31. The number of aliphatic hydroxyl groups is 1. The highest BCUT2D eigenvalue weighted by atomic mass is 35.5. The topological polar surface area (TPSA) is 137 Å². The van der Waals surface area contributed by atoms with Crippen molar-refractivity contribution >= 4 is 45.9 Å². The van der Waals surface area contributed by atoms with Gasteiger partial charge in [0.1, 0.15) is 40.4 Å². The fourth-order valence-corrected chi connectivity index (χ4v) is 6.01. The van der Waals surface area contributed by atoms with E-state index in [-0.39, 0.29) is 53.3 Å². The Kier molecular flexibility index (Phi) is 7.61. The van der Waals surface area contributed by atoms with Crippen molar-refractivity contribution < 1.29 is 37.3 Å². The number of nitrogens with zero attached hydrogens (tertiary/aromatic N) is 2. The van der Waals surface area contributed by atoms with E-state index in [0.29, 0.717) is 27.4 Å². The van der Waals surface area contributed by atoms with E-state index < -0.39 is 51.7 Å². The zero-order valence-electron chi connectivity index (χ0n) is 24.7. The SMILES string of the molecule is COc1cc(C(=O)NCC(O)(c2cc3c(c(-c4ccc(F)c(F)c4Cl)n2)OC[C@]3(C)C(N)=O)C2(F)CC2)cc2cc(Cl)c(C)nc12. The van der Waals surface area contributed by atoms with Crippen LogP contribution in [0.25, 0.3) is 22.2 Å². The van der Waals surface area contributed by atoms with Crippen LogP contribution in [0.2, 0.25) is 10.0 Å². The number of hydrogen-bond acceptors (Lipinski definition) is 7. The molecule has 2 amide bonds. The fraction of sp³-hybridized carbons (Fsp3) is 0.312. The van der Waals surface area contributed by atoms with Crippen LogP contribution in [0.15, 0.2) is 36.4 Å². The maximum Gasteiger partial charge on any atom is 0.251 e. The molecule has 1 saturated carbocycles. The number of halogens is 5. The van der Waals surface area contributed by atoms with Gasteiger partial charge in [-0.05, 0) is 63.1 Å². The Morgan fingerprint density at radius 1 is 1.17 bits per heavy atom. The average Bonchev–Trinajstić information content (AvgIpc) is 3.70. The summed E-state index contributed by atoms with van der Waals surface area (Å²) < 4.78 is 56.0. The molecule has 4 aromatic rings. The van der Waals surface area contributed by atoms with Crippen LogP contribution >= 0.6 is 23.2 Å². The molecule has 9 nitrogen and oxygen atoms in total. The Bertz CT molecular complexity index is 1970. The van der Waals surface area contributed by atoms with Crippen LogP contribution < -0.4 is 20.5 Å². The molecule has 2 aromatic heterocycles. The van der Waals surface area contributed by atoms with E-state index in [0.717, 1.165) is 12.1 Å². The summed E-state index contributed by atoms with van der Waals surface area (Å²) in [6.07, 6.45) is -0.146. The van der Waals surface area contributed by atoms with E-state index in [2.05, 4.69) is 15.3 Å². The molecule has 4 N–H and O–H groups in total. The molecular formula is C32H27Cl2F3N4O5. The molecule has 0 bridgehead atoms. The van der Waals surface area contributed by atoms with Crippen LogP contribution in [0.4, 0.5) is 13.2 Å². The summed E-state index contributed by atoms with van der Waals surface area (Å²) in [5.74, 6) is -3.78. The number of carbonyl (C=O) groups excluding carboxylic acids is 2. The molecule has 1 fully saturated rings. The third-order valence-electron chi connectivity index (χ3n) is 8.76. The number of methoxy groups -OCH3 is 1. The first kappa shape index (κ1) is 31.8. The number of fused-ring (bicyclic) bond motifs is 2. The van der Waals surface area contributed by atoms with E-state index >= 15 is 4.39 Å². The smallest absolute Gasteiger partial charge is 0.251 e. The summed E-state index contributed by atoms with van der Waals surface area (Å²) in [4.78, 5) is 34.9. The van der Waals surface area contributed by atoms with Gasteiger partial charge in [0.15, 0.2) is 17.2 Å². The number of amides is 2. The Balaban J connectivity index is 1.45. The maximum atomic E-state index is 16.2. The number of hydrogen-bond donors (Lipinski definition) is 3. The predicted octanol–water partition coefficient (Wildman–Crippen LogP) is 5.45. The van der Waals surface area contributed by atoms with Gasteiger partial charge in [-0.3, -0.25) is 9.59 Å². The number of aryl methyl sites for hydroxylation is 1. The van der Waals surface area contributed by atoms with Gasteiger partial charge in [0.2, 0.25) is 5.91 Å². The van der Waals surface area contributed by atoms with Crippen molar-refractivity contribution in [2.24, 2.45) is 5.73 Å². The van der Waals surface area contributed by atoms with Gasteiger partial charge in [0, 0.05) is 22.1 Å². The number of aromatic nitrogens is 2. The van der Waals surface area contributed by atoms with E-state index in [4.69, 9.17) is 38.4 Å². The highest BCUT2D eigenvalue weighted by molar-refractivity contribution is 6.33. The molecular weight excluding hydrogens is 648 g/mol. The molecule has 240 valence electrons. The van der Waals surface area contributed by atoms with Gasteiger partial charge in [0.25, 0.3) is 5.91 Å².